The highest BCUT2D eigenvalue weighted by molar-refractivity contribution is 6.00. The molecule has 0 saturated carbocycles. The number of nitrogens with two attached hydrogens (primary N) is 1. The Hall–Kier alpha value is -2.19. The second-order valence-corrected chi connectivity index (χ2v) is 5.02. The first-order valence-electron chi connectivity index (χ1n) is 6.72. The number of nitro groups is 1. The van der Waals surface area contributed by atoms with Gasteiger partial charge in [-0.2, -0.15) is 0 Å². The summed E-state index contributed by atoms with van der Waals surface area (Å²) in [5.41, 5.74) is 2.07. The van der Waals surface area contributed by atoms with E-state index in [4.69, 9.17) is 10.9 Å². The minimum atomic E-state index is -0.608. The maximum Gasteiger partial charge on any atom is 0.306 e. The Labute approximate surface area is 121 Å². The Morgan fingerprint density at radius 2 is 2.14 bits per heavy atom. The van der Waals surface area contributed by atoms with Gasteiger partial charge in [-0.25, -0.2) is 0 Å². The van der Waals surface area contributed by atoms with Crippen molar-refractivity contribution in [2.75, 3.05) is 25.1 Å². The summed E-state index contributed by atoms with van der Waals surface area (Å²) in [6, 6.07) is 4.43. The number of piperidine rings is 1. The molecule has 1 fully saturated rings. The molecule has 2 rings (SSSR count). The molecular weight excluding hydrogens is 276 g/mol. The number of benzene rings is 1. The number of nitrogens with one attached hydrogen (secondary N) is 1. The highest BCUT2D eigenvalue weighted by Crippen LogP contribution is 2.30. The number of likely N-dealkylation sites (tertiary alicyclic amines) is 1. The van der Waals surface area contributed by atoms with Crippen molar-refractivity contribution < 1.29 is 14.8 Å². The van der Waals surface area contributed by atoms with Crippen LogP contribution in [0.5, 0.6) is 0 Å². The van der Waals surface area contributed by atoms with Crippen molar-refractivity contribution in [3.05, 3.63) is 33.9 Å². The fraction of sp³-hybridized carbons (Fsp3) is 0.462. The van der Waals surface area contributed by atoms with E-state index in [0.29, 0.717) is 25.9 Å². The first-order valence-corrected chi connectivity index (χ1v) is 6.72. The van der Waals surface area contributed by atoms with E-state index in [-0.39, 0.29) is 35.4 Å². The van der Waals surface area contributed by atoms with Crippen molar-refractivity contribution in [1.82, 2.24) is 4.90 Å². The van der Waals surface area contributed by atoms with Gasteiger partial charge in [0.1, 0.15) is 11.3 Å². The first kappa shape index (κ1) is 15.2. The number of aliphatic hydroxyl groups is 1. The molecule has 21 heavy (non-hydrogen) atoms. The summed E-state index contributed by atoms with van der Waals surface area (Å²) in [5.74, 6) is 5.08. The fourth-order valence-electron chi connectivity index (χ4n) is 2.52. The van der Waals surface area contributed by atoms with E-state index in [9.17, 15) is 14.9 Å². The van der Waals surface area contributed by atoms with Gasteiger partial charge in [0.2, 0.25) is 0 Å². The minimum Gasteiger partial charge on any atom is -0.396 e. The summed E-state index contributed by atoms with van der Waals surface area (Å²) in [6.45, 7) is 1.08. The monoisotopic (exact) mass is 294 g/mol. The zero-order chi connectivity index (χ0) is 15.4. The molecule has 0 aromatic heterocycles. The SMILES string of the molecule is NNc1cccc(C(=O)N2CCC(CO)CC2)c1[N+](=O)[O-]. The molecule has 8 nitrogen and oxygen atoms in total. The molecule has 114 valence electrons. The van der Waals surface area contributed by atoms with E-state index in [1.165, 1.54) is 12.1 Å². The maximum absolute atomic E-state index is 12.5. The van der Waals surface area contributed by atoms with Gasteiger partial charge in [-0.15, -0.1) is 0 Å². The van der Waals surface area contributed by atoms with Crippen molar-refractivity contribution in [2.24, 2.45) is 11.8 Å². The van der Waals surface area contributed by atoms with E-state index in [1.54, 1.807) is 11.0 Å². The summed E-state index contributed by atoms with van der Waals surface area (Å²) < 4.78 is 0. The van der Waals surface area contributed by atoms with E-state index in [1.807, 2.05) is 0 Å². The van der Waals surface area contributed by atoms with Crippen LogP contribution in [0.15, 0.2) is 18.2 Å². The summed E-state index contributed by atoms with van der Waals surface area (Å²) in [5, 5.41) is 20.3. The van der Waals surface area contributed by atoms with Crippen LogP contribution in [0, 0.1) is 16.0 Å². The lowest BCUT2D eigenvalue weighted by molar-refractivity contribution is -0.384. The molecule has 0 spiro atoms. The Balaban J connectivity index is 2.26. The number of amides is 1. The van der Waals surface area contributed by atoms with Crippen LogP contribution < -0.4 is 11.3 Å². The standard InChI is InChI=1S/C13H18N4O4/c14-15-11-3-1-2-10(12(11)17(20)21)13(19)16-6-4-9(8-18)5-7-16/h1-3,9,15,18H,4-8,14H2. The number of hydrogen-bond acceptors (Lipinski definition) is 6. The molecule has 1 amide bonds. The minimum absolute atomic E-state index is 0.0258. The van der Waals surface area contributed by atoms with Crippen molar-refractivity contribution in [2.45, 2.75) is 12.8 Å². The molecule has 1 saturated heterocycles. The summed E-state index contributed by atoms with van der Waals surface area (Å²) >= 11 is 0. The van der Waals surface area contributed by atoms with Gasteiger partial charge in [0.25, 0.3) is 5.91 Å². The van der Waals surface area contributed by atoms with Gasteiger partial charge in [-0.05, 0) is 30.9 Å². The number of carbonyl (C=O) groups is 1. The molecule has 0 radical (unpaired) electrons. The summed E-state index contributed by atoms with van der Waals surface area (Å²) in [4.78, 5) is 24.6. The highest BCUT2D eigenvalue weighted by atomic mass is 16.6. The topological polar surface area (TPSA) is 122 Å². The predicted molar refractivity (Wildman–Crippen MR) is 76.6 cm³/mol. The smallest absolute Gasteiger partial charge is 0.306 e. The van der Waals surface area contributed by atoms with Gasteiger partial charge in [-0.3, -0.25) is 20.8 Å². The molecule has 0 atom stereocenters. The molecule has 1 aliphatic rings. The maximum atomic E-state index is 12.5. The molecule has 1 aromatic rings. The third kappa shape index (κ3) is 3.11. The average Bonchev–Trinajstić information content (AvgIpc) is 2.53. The van der Waals surface area contributed by atoms with E-state index in [0.717, 1.165) is 0 Å². The number of aliphatic hydroxyl groups excluding tert-OH is 1. The summed E-state index contributed by atoms with van der Waals surface area (Å²) in [7, 11) is 0. The third-order valence-electron chi connectivity index (χ3n) is 3.76. The van der Waals surface area contributed by atoms with Gasteiger partial charge in [0, 0.05) is 19.7 Å². The predicted octanol–water partition coefficient (Wildman–Crippen LogP) is 0.725. The highest BCUT2D eigenvalue weighted by Gasteiger charge is 2.29. The van der Waals surface area contributed by atoms with Crippen LogP contribution in [0.4, 0.5) is 11.4 Å². The largest absolute Gasteiger partial charge is 0.396 e. The van der Waals surface area contributed by atoms with Crippen LogP contribution in [0.1, 0.15) is 23.2 Å². The van der Waals surface area contributed by atoms with Gasteiger partial charge in [0.05, 0.1) is 4.92 Å². The normalized spacial score (nSPS) is 15.8. The number of nitrogens with zero attached hydrogens (tertiary/aromatic N) is 2. The Kier molecular flexibility index (Phi) is 4.71. The Morgan fingerprint density at radius 1 is 1.48 bits per heavy atom. The molecule has 4 N–H and O–H groups in total. The number of carbonyl (C=O) groups excluding carboxylic acids is 1. The molecule has 1 heterocycles. The third-order valence-corrected chi connectivity index (χ3v) is 3.76. The molecular formula is C13H18N4O4. The molecule has 0 unspecified atom stereocenters. The number of anilines is 1. The second kappa shape index (κ2) is 6.51. The number of hydrogen-bond donors (Lipinski definition) is 3. The number of nitrogen functional groups attached to an aromatic ring is 1. The zero-order valence-electron chi connectivity index (χ0n) is 11.5. The van der Waals surface area contributed by atoms with Crippen molar-refractivity contribution in [1.29, 1.82) is 0 Å². The Morgan fingerprint density at radius 3 is 2.67 bits per heavy atom. The molecule has 8 heteroatoms. The van der Waals surface area contributed by atoms with Crippen LogP contribution in [0.2, 0.25) is 0 Å². The number of nitro benzene ring substituents is 1. The van der Waals surface area contributed by atoms with Gasteiger partial charge in [0.15, 0.2) is 0 Å². The lowest BCUT2D eigenvalue weighted by Crippen LogP contribution is -2.39. The summed E-state index contributed by atoms with van der Waals surface area (Å²) in [6.07, 6.45) is 1.40. The number of hydrazine groups is 1. The average molecular weight is 294 g/mol. The van der Waals surface area contributed by atoms with Gasteiger partial charge >= 0.3 is 5.69 Å². The fourth-order valence-corrected chi connectivity index (χ4v) is 2.52. The van der Waals surface area contributed by atoms with Crippen LogP contribution in [-0.2, 0) is 0 Å². The Bertz CT molecular complexity index is 541. The zero-order valence-corrected chi connectivity index (χ0v) is 11.5. The van der Waals surface area contributed by atoms with Crippen LogP contribution in [0.25, 0.3) is 0 Å². The molecule has 1 aliphatic heterocycles. The van der Waals surface area contributed by atoms with E-state index < -0.39 is 4.92 Å². The van der Waals surface area contributed by atoms with Crippen LogP contribution in [-0.4, -0.2) is 40.5 Å². The quantitative estimate of drug-likeness (QED) is 0.427. The van der Waals surface area contributed by atoms with E-state index >= 15 is 0 Å². The van der Waals surface area contributed by atoms with Crippen LogP contribution in [0.3, 0.4) is 0 Å². The molecule has 0 aliphatic carbocycles. The lowest BCUT2D eigenvalue weighted by atomic mass is 9.97. The second-order valence-electron chi connectivity index (χ2n) is 5.02. The van der Waals surface area contributed by atoms with Crippen molar-refractivity contribution in [3.8, 4) is 0 Å². The van der Waals surface area contributed by atoms with Gasteiger partial charge in [-0.1, -0.05) is 6.07 Å². The van der Waals surface area contributed by atoms with Crippen molar-refractivity contribution >= 4 is 17.3 Å². The van der Waals surface area contributed by atoms with E-state index in [2.05, 4.69) is 5.43 Å². The molecule has 1 aromatic carbocycles. The van der Waals surface area contributed by atoms with Crippen molar-refractivity contribution in [3.63, 3.8) is 0 Å². The van der Waals surface area contributed by atoms with Gasteiger partial charge < -0.3 is 15.4 Å². The van der Waals surface area contributed by atoms with Crippen LogP contribution >= 0.6 is 0 Å². The number of rotatable bonds is 4. The lowest BCUT2D eigenvalue weighted by Gasteiger charge is -2.31. The molecule has 0 bridgehead atoms. The first-order chi connectivity index (χ1) is 10.1. The number of para-hydroxylation sites is 1.